The van der Waals surface area contributed by atoms with Crippen LogP contribution in [-0.4, -0.2) is 32.8 Å². The van der Waals surface area contributed by atoms with Gasteiger partial charge in [0.25, 0.3) is 0 Å². The Bertz CT molecular complexity index is 315. The topological polar surface area (TPSA) is 38.5 Å². The molecule has 0 fully saturated rings. The van der Waals surface area contributed by atoms with Crippen molar-refractivity contribution in [3.63, 3.8) is 0 Å². The van der Waals surface area contributed by atoms with Crippen LogP contribution in [0.3, 0.4) is 0 Å². The largest absolute Gasteiger partial charge is 0.380 e. The molecule has 0 saturated heterocycles. The highest BCUT2D eigenvalue weighted by Gasteiger charge is 2.07. The minimum atomic E-state index is 0.733. The number of anilines is 1. The van der Waals surface area contributed by atoms with Crippen molar-refractivity contribution in [2.75, 3.05) is 37.7 Å². The molecular formula is C14H24N2O. The molecule has 96 valence electrons. The standard InChI is InChI=1S/C14H24N2O/c1-3-17-12-11-16(10-6-9-15)14-8-5-4-7-13(14)2/h4-5,7-8H,3,6,9-12,15H2,1-2H3. The van der Waals surface area contributed by atoms with Gasteiger partial charge in [-0.15, -0.1) is 0 Å². The van der Waals surface area contributed by atoms with Crippen molar-refractivity contribution >= 4 is 5.69 Å². The van der Waals surface area contributed by atoms with Gasteiger partial charge in [-0.2, -0.15) is 0 Å². The lowest BCUT2D eigenvalue weighted by molar-refractivity contribution is 0.154. The first kappa shape index (κ1) is 14.0. The quantitative estimate of drug-likeness (QED) is 0.703. The first-order valence-electron chi connectivity index (χ1n) is 6.38. The van der Waals surface area contributed by atoms with E-state index < -0.39 is 0 Å². The maximum absolute atomic E-state index is 5.59. The van der Waals surface area contributed by atoms with Gasteiger partial charge >= 0.3 is 0 Å². The monoisotopic (exact) mass is 236 g/mol. The summed E-state index contributed by atoms with van der Waals surface area (Å²) in [5.41, 5.74) is 8.19. The molecule has 0 spiro atoms. The molecule has 0 saturated carbocycles. The molecule has 0 aliphatic rings. The van der Waals surface area contributed by atoms with Crippen molar-refractivity contribution < 1.29 is 4.74 Å². The zero-order valence-electron chi connectivity index (χ0n) is 11.0. The van der Waals surface area contributed by atoms with Gasteiger partial charge in [0.1, 0.15) is 0 Å². The predicted octanol–water partition coefficient (Wildman–Crippen LogP) is 2.19. The molecule has 3 heteroatoms. The normalized spacial score (nSPS) is 10.5. The van der Waals surface area contributed by atoms with Crippen LogP contribution in [0.4, 0.5) is 5.69 Å². The average molecular weight is 236 g/mol. The number of nitrogens with two attached hydrogens (primary N) is 1. The van der Waals surface area contributed by atoms with E-state index in [1.54, 1.807) is 0 Å². The number of nitrogens with zero attached hydrogens (tertiary/aromatic N) is 1. The lowest BCUT2D eigenvalue weighted by atomic mass is 10.1. The number of rotatable bonds is 8. The van der Waals surface area contributed by atoms with E-state index in [1.807, 2.05) is 6.92 Å². The van der Waals surface area contributed by atoms with Crippen LogP contribution >= 0.6 is 0 Å². The first-order valence-corrected chi connectivity index (χ1v) is 6.38. The first-order chi connectivity index (χ1) is 8.29. The van der Waals surface area contributed by atoms with Crippen LogP contribution in [0.2, 0.25) is 0 Å². The lowest BCUT2D eigenvalue weighted by Gasteiger charge is -2.26. The van der Waals surface area contributed by atoms with Gasteiger partial charge in [-0.25, -0.2) is 0 Å². The van der Waals surface area contributed by atoms with E-state index in [1.165, 1.54) is 11.3 Å². The summed E-state index contributed by atoms with van der Waals surface area (Å²) in [6, 6.07) is 8.46. The Morgan fingerprint density at radius 3 is 2.65 bits per heavy atom. The van der Waals surface area contributed by atoms with Crippen molar-refractivity contribution in [3.05, 3.63) is 29.8 Å². The summed E-state index contributed by atoms with van der Waals surface area (Å²) in [5.74, 6) is 0. The number of aryl methyl sites for hydroxylation is 1. The average Bonchev–Trinajstić information content (AvgIpc) is 2.35. The van der Waals surface area contributed by atoms with Crippen molar-refractivity contribution in [1.29, 1.82) is 0 Å². The molecular weight excluding hydrogens is 212 g/mol. The van der Waals surface area contributed by atoms with Gasteiger partial charge in [-0.05, 0) is 38.4 Å². The summed E-state index contributed by atoms with van der Waals surface area (Å²) < 4.78 is 5.43. The van der Waals surface area contributed by atoms with Gasteiger partial charge in [0.15, 0.2) is 0 Å². The maximum Gasteiger partial charge on any atom is 0.0641 e. The molecule has 2 N–H and O–H groups in total. The molecule has 1 rings (SSSR count). The SMILES string of the molecule is CCOCCN(CCCN)c1ccccc1C. The van der Waals surface area contributed by atoms with E-state index in [2.05, 4.69) is 36.1 Å². The van der Waals surface area contributed by atoms with Gasteiger partial charge in [0, 0.05) is 25.4 Å². The fourth-order valence-electron chi connectivity index (χ4n) is 1.87. The van der Waals surface area contributed by atoms with Crippen LogP contribution in [0.1, 0.15) is 18.9 Å². The molecule has 0 radical (unpaired) electrons. The van der Waals surface area contributed by atoms with Crippen molar-refractivity contribution in [3.8, 4) is 0 Å². The predicted molar refractivity (Wildman–Crippen MR) is 73.6 cm³/mol. The van der Waals surface area contributed by atoms with Gasteiger partial charge in [-0.3, -0.25) is 0 Å². The number of ether oxygens (including phenoxy) is 1. The highest BCUT2D eigenvalue weighted by atomic mass is 16.5. The fraction of sp³-hybridized carbons (Fsp3) is 0.571. The Kier molecular flexibility index (Phi) is 6.67. The molecule has 0 aliphatic heterocycles. The van der Waals surface area contributed by atoms with Crippen LogP contribution < -0.4 is 10.6 Å². The Morgan fingerprint density at radius 1 is 1.24 bits per heavy atom. The van der Waals surface area contributed by atoms with Crippen molar-refractivity contribution in [2.24, 2.45) is 5.73 Å². The van der Waals surface area contributed by atoms with Crippen LogP contribution in [0.25, 0.3) is 0 Å². The fourth-order valence-corrected chi connectivity index (χ4v) is 1.87. The van der Waals surface area contributed by atoms with Gasteiger partial charge in [-0.1, -0.05) is 18.2 Å². The second-order valence-corrected chi connectivity index (χ2v) is 4.11. The summed E-state index contributed by atoms with van der Waals surface area (Å²) >= 11 is 0. The number of para-hydroxylation sites is 1. The minimum absolute atomic E-state index is 0.733. The van der Waals surface area contributed by atoms with E-state index in [0.717, 1.165) is 39.3 Å². The molecule has 0 heterocycles. The Labute approximate surface area is 105 Å². The number of hydrogen-bond acceptors (Lipinski definition) is 3. The maximum atomic E-state index is 5.59. The third kappa shape index (κ3) is 4.75. The summed E-state index contributed by atoms with van der Waals surface area (Å²) in [6.07, 6.45) is 1.01. The molecule has 1 aromatic carbocycles. The van der Waals surface area contributed by atoms with Gasteiger partial charge in [0.05, 0.1) is 6.61 Å². The van der Waals surface area contributed by atoms with Crippen LogP contribution in [0, 0.1) is 6.92 Å². The van der Waals surface area contributed by atoms with Crippen LogP contribution in [-0.2, 0) is 4.74 Å². The second-order valence-electron chi connectivity index (χ2n) is 4.11. The highest BCUT2D eigenvalue weighted by molar-refractivity contribution is 5.52. The molecule has 0 unspecified atom stereocenters. The smallest absolute Gasteiger partial charge is 0.0641 e. The van der Waals surface area contributed by atoms with Gasteiger partial charge < -0.3 is 15.4 Å². The molecule has 0 bridgehead atoms. The summed E-state index contributed by atoms with van der Waals surface area (Å²) in [4.78, 5) is 2.36. The van der Waals surface area contributed by atoms with E-state index in [9.17, 15) is 0 Å². The molecule has 0 atom stereocenters. The van der Waals surface area contributed by atoms with E-state index >= 15 is 0 Å². The zero-order chi connectivity index (χ0) is 12.5. The highest BCUT2D eigenvalue weighted by Crippen LogP contribution is 2.19. The molecule has 0 aromatic heterocycles. The van der Waals surface area contributed by atoms with E-state index in [0.29, 0.717) is 0 Å². The van der Waals surface area contributed by atoms with Gasteiger partial charge in [0.2, 0.25) is 0 Å². The summed E-state index contributed by atoms with van der Waals surface area (Å²) in [6.45, 7) is 8.38. The second kappa shape index (κ2) is 8.09. The van der Waals surface area contributed by atoms with E-state index in [-0.39, 0.29) is 0 Å². The Balaban J connectivity index is 2.64. The number of hydrogen-bond donors (Lipinski definition) is 1. The third-order valence-electron chi connectivity index (χ3n) is 2.80. The molecule has 0 amide bonds. The van der Waals surface area contributed by atoms with Crippen LogP contribution in [0.15, 0.2) is 24.3 Å². The molecule has 3 nitrogen and oxygen atoms in total. The Hall–Kier alpha value is -1.06. The van der Waals surface area contributed by atoms with E-state index in [4.69, 9.17) is 10.5 Å². The summed E-state index contributed by atoms with van der Waals surface area (Å²) in [5, 5.41) is 0. The molecule has 1 aromatic rings. The molecule has 17 heavy (non-hydrogen) atoms. The minimum Gasteiger partial charge on any atom is -0.380 e. The van der Waals surface area contributed by atoms with Crippen LogP contribution in [0.5, 0.6) is 0 Å². The number of benzene rings is 1. The zero-order valence-corrected chi connectivity index (χ0v) is 11.0. The van der Waals surface area contributed by atoms with Crippen molar-refractivity contribution in [1.82, 2.24) is 0 Å². The molecule has 0 aliphatic carbocycles. The lowest BCUT2D eigenvalue weighted by Crippen LogP contribution is -2.30. The van der Waals surface area contributed by atoms with Crippen molar-refractivity contribution in [2.45, 2.75) is 20.3 Å². The summed E-state index contributed by atoms with van der Waals surface area (Å²) in [7, 11) is 0. The third-order valence-corrected chi connectivity index (χ3v) is 2.80. The Morgan fingerprint density at radius 2 is 2.00 bits per heavy atom.